The Labute approximate surface area is 94.9 Å². The van der Waals surface area contributed by atoms with Crippen LogP contribution in [0, 0.1) is 5.92 Å². The summed E-state index contributed by atoms with van der Waals surface area (Å²) in [5.41, 5.74) is 0.786. The number of hydrogen-bond acceptors (Lipinski definition) is 4. The number of aromatic nitrogens is 4. The van der Waals surface area contributed by atoms with E-state index in [2.05, 4.69) is 34.3 Å². The van der Waals surface area contributed by atoms with Gasteiger partial charge in [0.25, 0.3) is 0 Å². The molecule has 2 heterocycles. The Kier molecular flexibility index (Phi) is 3.34. The van der Waals surface area contributed by atoms with Crippen LogP contribution in [-0.2, 0) is 0 Å². The van der Waals surface area contributed by atoms with Crippen LogP contribution in [0.2, 0.25) is 0 Å². The maximum atomic E-state index is 4.29. The lowest BCUT2D eigenvalue weighted by atomic mass is 10.0. The maximum absolute atomic E-state index is 4.29. The number of anilines is 1. The van der Waals surface area contributed by atoms with Crippen molar-refractivity contribution in [3.05, 3.63) is 18.7 Å². The van der Waals surface area contributed by atoms with Crippen molar-refractivity contribution < 1.29 is 0 Å². The van der Waals surface area contributed by atoms with Gasteiger partial charge in [0.2, 0.25) is 5.65 Å². The molecular formula is C11H17N5. The summed E-state index contributed by atoms with van der Waals surface area (Å²) in [4.78, 5) is 4.29. The molecule has 0 bridgehead atoms. The lowest BCUT2D eigenvalue weighted by Crippen LogP contribution is -2.14. The smallest absolute Gasteiger partial charge is 0.203 e. The van der Waals surface area contributed by atoms with Gasteiger partial charge in [-0.15, -0.1) is 10.2 Å². The van der Waals surface area contributed by atoms with Crippen LogP contribution in [0.5, 0.6) is 0 Å². The Hall–Kier alpha value is -1.65. The molecule has 1 N–H and O–H groups in total. The van der Waals surface area contributed by atoms with E-state index in [1.807, 2.05) is 10.6 Å². The van der Waals surface area contributed by atoms with Crippen molar-refractivity contribution in [3.63, 3.8) is 0 Å². The molecule has 0 aliphatic rings. The van der Waals surface area contributed by atoms with Crippen LogP contribution in [0.3, 0.4) is 0 Å². The second-order valence-electron chi connectivity index (χ2n) is 3.90. The third-order valence-electron chi connectivity index (χ3n) is 2.93. The predicted molar refractivity (Wildman–Crippen MR) is 63.3 cm³/mol. The number of nitrogens with zero attached hydrogens (tertiary/aromatic N) is 4. The molecule has 0 saturated heterocycles. The van der Waals surface area contributed by atoms with E-state index in [9.17, 15) is 0 Å². The van der Waals surface area contributed by atoms with Crippen molar-refractivity contribution in [2.45, 2.75) is 26.7 Å². The summed E-state index contributed by atoms with van der Waals surface area (Å²) in [7, 11) is 0. The van der Waals surface area contributed by atoms with E-state index in [1.54, 1.807) is 12.5 Å². The third kappa shape index (κ3) is 2.13. The molecule has 2 aromatic rings. The topological polar surface area (TPSA) is 55.1 Å². The van der Waals surface area contributed by atoms with E-state index in [-0.39, 0.29) is 0 Å². The highest BCUT2D eigenvalue weighted by Gasteiger charge is 2.07. The Bertz CT molecular complexity index is 446. The van der Waals surface area contributed by atoms with Gasteiger partial charge in [0.15, 0.2) is 5.82 Å². The summed E-state index contributed by atoms with van der Waals surface area (Å²) < 4.78 is 1.86. The van der Waals surface area contributed by atoms with Gasteiger partial charge in [0.1, 0.15) is 6.33 Å². The van der Waals surface area contributed by atoms with E-state index in [4.69, 9.17) is 0 Å². The van der Waals surface area contributed by atoms with Crippen molar-refractivity contribution in [1.82, 2.24) is 19.6 Å². The van der Waals surface area contributed by atoms with Crippen molar-refractivity contribution in [3.8, 4) is 0 Å². The fourth-order valence-corrected chi connectivity index (χ4v) is 1.70. The second kappa shape index (κ2) is 4.92. The van der Waals surface area contributed by atoms with Crippen LogP contribution in [0.4, 0.5) is 5.82 Å². The lowest BCUT2D eigenvalue weighted by molar-refractivity contribution is 0.518. The fraction of sp³-hybridized carbons (Fsp3) is 0.545. The molecule has 5 heteroatoms. The monoisotopic (exact) mass is 219 g/mol. The quantitative estimate of drug-likeness (QED) is 0.835. The van der Waals surface area contributed by atoms with Gasteiger partial charge in [0.05, 0.1) is 0 Å². The number of rotatable bonds is 5. The van der Waals surface area contributed by atoms with Gasteiger partial charge in [0, 0.05) is 18.9 Å². The van der Waals surface area contributed by atoms with E-state index < -0.39 is 0 Å². The molecule has 5 nitrogen and oxygen atoms in total. The normalized spacial score (nSPS) is 11.2. The van der Waals surface area contributed by atoms with Gasteiger partial charge >= 0.3 is 0 Å². The van der Waals surface area contributed by atoms with Crippen molar-refractivity contribution in [2.75, 3.05) is 11.9 Å². The lowest BCUT2D eigenvalue weighted by Gasteiger charge is -2.13. The molecule has 86 valence electrons. The third-order valence-corrected chi connectivity index (χ3v) is 2.93. The molecule has 0 saturated carbocycles. The molecule has 16 heavy (non-hydrogen) atoms. The molecule has 0 amide bonds. The number of nitrogens with one attached hydrogen (secondary N) is 1. The summed E-state index contributed by atoms with van der Waals surface area (Å²) >= 11 is 0. The van der Waals surface area contributed by atoms with Gasteiger partial charge in [-0.1, -0.05) is 26.7 Å². The molecule has 0 aliphatic carbocycles. The van der Waals surface area contributed by atoms with Crippen molar-refractivity contribution in [2.24, 2.45) is 5.92 Å². The molecule has 0 unspecified atom stereocenters. The van der Waals surface area contributed by atoms with Gasteiger partial charge in [-0.25, -0.2) is 4.98 Å². The zero-order valence-corrected chi connectivity index (χ0v) is 9.72. The summed E-state index contributed by atoms with van der Waals surface area (Å²) in [5.74, 6) is 1.50. The largest absolute Gasteiger partial charge is 0.367 e. The molecule has 0 spiro atoms. The zero-order valence-electron chi connectivity index (χ0n) is 9.72. The standard InChI is InChI=1S/C11H17N5/c1-3-9(4-2)7-13-10-11-15-14-8-16(11)6-5-12-10/h5-6,8-9H,3-4,7H2,1-2H3,(H,12,13). The SMILES string of the molecule is CCC(CC)CNc1nccn2cnnc12. The van der Waals surface area contributed by atoms with Crippen LogP contribution < -0.4 is 5.32 Å². The van der Waals surface area contributed by atoms with Crippen LogP contribution in [0.1, 0.15) is 26.7 Å². The number of fused-ring (bicyclic) bond motifs is 1. The first-order chi connectivity index (χ1) is 7.85. The second-order valence-corrected chi connectivity index (χ2v) is 3.90. The van der Waals surface area contributed by atoms with E-state index >= 15 is 0 Å². The van der Waals surface area contributed by atoms with Gasteiger partial charge in [-0.2, -0.15) is 0 Å². The number of hydrogen-bond donors (Lipinski definition) is 1. The van der Waals surface area contributed by atoms with Crippen LogP contribution in [0.25, 0.3) is 5.65 Å². The summed E-state index contributed by atoms with van der Waals surface area (Å²) in [6.07, 6.45) is 7.64. The average Bonchev–Trinajstić information content (AvgIpc) is 2.79. The van der Waals surface area contributed by atoms with Crippen LogP contribution >= 0.6 is 0 Å². The Morgan fingerprint density at radius 3 is 2.94 bits per heavy atom. The predicted octanol–water partition coefficient (Wildman–Crippen LogP) is 1.97. The highest BCUT2D eigenvalue weighted by molar-refractivity contribution is 5.61. The summed E-state index contributed by atoms with van der Waals surface area (Å²) in [5, 5.41) is 11.2. The van der Waals surface area contributed by atoms with Crippen LogP contribution in [-0.4, -0.2) is 26.1 Å². The highest BCUT2D eigenvalue weighted by atomic mass is 15.2. The molecule has 2 aromatic heterocycles. The molecule has 0 fully saturated rings. The zero-order chi connectivity index (χ0) is 11.4. The summed E-state index contributed by atoms with van der Waals surface area (Å²) in [6.45, 7) is 5.36. The van der Waals surface area contributed by atoms with E-state index in [1.165, 1.54) is 12.8 Å². The molecule has 0 aliphatic heterocycles. The van der Waals surface area contributed by atoms with E-state index in [0.717, 1.165) is 18.0 Å². The Morgan fingerprint density at radius 2 is 2.19 bits per heavy atom. The Morgan fingerprint density at radius 1 is 1.38 bits per heavy atom. The first kappa shape index (κ1) is 10.9. The molecule has 2 rings (SSSR count). The fourth-order valence-electron chi connectivity index (χ4n) is 1.70. The molecular weight excluding hydrogens is 202 g/mol. The summed E-state index contributed by atoms with van der Waals surface area (Å²) in [6, 6.07) is 0. The molecule has 0 atom stereocenters. The minimum absolute atomic E-state index is 0.685. The van der Waals surface area contributed by atoms with Gasteiger partial charge < -0.3 is 5.32 Å². The molecule has 0 aromatic carbocycles. The minimum atomic E-state index is 0.685. The maximum Gasteiger partial charge on any atom is 0.203 e. The van der Waals surface area contributed by atoms with Crippen molar-refractivity contribution in [1.29, 1.82) is 0 Å². The highest BCUT2D eigenvalue weighted by Crippen LogP contribution is 2.13. The average molecular weight is 219 g/mol. The first-order valence-corrected chi connectivity index (χ1v) is 5.73. The van der Waals surface area contributed by atoms with Crippen LogP contribution in [0.15, 0.2) is 18.7 Å². The van der Waals surface area contributed by atoms with E-state index in [0.29, 0.717) is 5.92 Å². The molecule has 0 radical (unpaired) electrons. The Balaban J connectivity index is 2.11. The van der Waals surface area contributed by atoms with Gasteiger partial charge in [-0.05, 0) is 5.92 Å². The minimum Gasteiger partial charge on any atom is -0.367 e. The first-order valence-electron chi connectivity index (χ1n) is 5.73. The van der Waals surface area contributed by atoms with Crippen molar-refractivity contribution >= 4 is 11.5 Å². The van der Waals surface area contributed by atoms with Gasteiger partial charge in [-0.3, -0.25) is 4.40 Å².